The van der Waals surface area contributed by atoms with Gasteiger partial charge < -0.3 is 10.2 Å². The number of hydrogen-bond acceptors (Lipinski definition) is 3. The number of rotatable bonds is 6. The first-order valence-corrected chi connectivity index (χ1v) is 10.8. The van der Waals surface area contributed by atoms with Crippen LogP contribution in [0.1, 0.15) is 34.3 Å². The molecule has 138 valence electrons. The molecule has 0 spiro atoms. The number of hydrogen-bond donors (Lipinski definition) is 2. The minimum Gasteiger partial charge on any atom is -0.348 e. The third-order valence-corrected chi connectivity index (χ3v) is 5.91. The van der Waals surface area contributed by atoms with Crippen molar-refractivity contribution in [2.45, 2.75) is 30.8 Å². The van der Waals surface area contributed by atoms with E-state index in [1.807, 2.05) is 0 Å². The van der Waals surface area contributed by atoms with E-state index in [2.05, 4.69) is 29.6 Å². The zero-order valence-corrected chi connectivity index (χ0v) is 15.8. The van der Waals surface area contributed by atoms with Gasteiger partial charge in [-0.1, -0.05) is 24.3 Å². The lowest BCUT2D eigenvalue weighted by Crippen LogP contribution is -3.08. The highest BCUT2D eigenvalue weighted by atomic mass is 32.2. The van der Waals surface area contributed by atoms with Gasteiger partial charge in [0.25, 0.3) is 5.91 Å². The maximum Gasteiger partial charge on any atom is 0.251 e. The minimum absolute atomic E-state index is 0.212. The monoisotopic (exact) mass is 373 g/mol. The molecule has 2 aromatic rings. The number of carbonyl (C=O) groups excluding carboxylic acids is 1. The molecule has 0 aliphatic carbocycles. The number of likely N-dealkylation sites (tertiary alicyclic amines) is 1. The highest BCUT2D eigenvalue weighted by molar-refractivity contribution is 7.90. The Morgan fingerprint density at radius 1 is 0.962 bits per heavy atom. The Labute approximate surface area is 154 Å². The van der Waals surface area contributed by atoms with Crippen molar-refractivity contribution < 1.29 is 18.1 Å². The van der Waals surface area contributed by atoms with Gasteiger partial charge in [0.15, 0.2) is 9.84 Å². The Morgan fingerprint density at radius 2 is 1.54 bits per heavy atom. The summed E-state index contributed by atoms with van der Waals surface area (Å²) in [5, 5.41) is 2.87. The average Bonchev–Trinajstić information content (AvgIpc) is 3.13. The molecule has 1 heterocycles. The van der Waals surface area contributed by atoms with Gasteiger partial charge in [-0.05, 0) is 29.8 Å². The molecule has 3 rings (SSSR count). The molecule has 6 heteroatoms. The van der Waals surface area contributed by atoms with Crippen LogP contribution < -0.4 is 10.2 Å². The summed E-state index contributed by atoms with van der Waals surface area (Å²) in [7, 11) is -3.25. The zero-order chi connectivity index (χ0) is 18.6. The number of benzene rings is 2. The quantitative estimate of drug-likeness (QED) is 0.800. The highest BCUT2D eigenvalue weighted by Crippen LogP contribution is 2.11. The van der Waals surface area contributed by atoms with Crippen LogP contribution in [-0.4, -0.2) is 33.7 Å². The van der Waals surface area contributed by atoms with Crippen LogP contribution in [0.15, 0.2) is 53.4 Å². The van der Waals surface area contributed by atoms with E-state index < -0.39 is 9.84 Å². The van der Waals surface area contributed by atoms with Crippen molar-refractivity contribution in [3.05, 3.63) is 65.2 Å². The van der Waals surface area contributed by atoms with Crippen molar-refractivity contribution in [2.75, 3.05) is 19.3 Å². The zero-order valence-electron chi connectivity index (χ0n) is 15.0. The van der Waals surface area contributed by atoms with E-state index in [0.717, 1.165) is 18.4 Å². The summed E-state index contributed by atoms with van der Waals surface area (Å²) in [4.78, 5) is 14.1. The van der Waals surface area contributed by atoms with Crippen LogP contribution in [0.3, 0.4) is 0 Å². The van der Waals surface area contributed by atoms with Gasteiger partial charge >= 0.3 is 0 Å². The fourth-order valence-electron chi connectivity index (χ4n) is 3.25. The Hall–Kier alpha value is -2.18. The lowest BCUT2D eigenvalue weighted by atomic mass is 10.1. The van der Waals surface area contributed by atoms with Crippen LogP contribution in [0.5, 0.6) is 0 Å². The Kier molecular flexibility index (Phi) is 5.74. The van der Waals surface area contributed by atoms with Gasteiger partial charge in [0, 0.05) is 36.8 Å². The Balaban J connectivity index is 1.53. The fraction of sp³-hybridized carbons (Fsp3) is 0.350. The maximum atomic E-state index is 12.2. The molecule has 1 amide bonds. The van der Waals surface area contributed by atoms with Gasteiger partial charge in [-0.3, -0.25) is 4.79 Å². The summed E-state index contributed by atoms with van der Waals surface area (Å²) >= 11 is 0. The predicted octanol–water partition coefficient (Wildman–Crippen LogP) is 1.20. The molecule has 0 aromatic heterocycles. The van der Waals surface area contributed by atoms with Gasteiger partial charge in [-0.25, -0.2) is 8.42 Å². The molecule has 0 atom stereocenters. The first-order valence-electron chi connectivity index (χ1n) is 8.91. The van der Waals surface area contributed by atoms with Gasteiger partial charge in [0.1, 0.15) is 6.54 Å². The standard InChI is InChI=1S/C20H24N2O3S/c1-26(24,25)19-10-8-18(9-11-19)20(23)21-14-16-4-6-17(7-5-16)15-22-12-2-3-13-22/h4-11H,2-3,12-15H2,1H3,(H,21,23)/p+1. The molecule has 1 fully saturated rings. The van der Waals surface area contributed by atoms with E-state index >= 15 is 0 Å². The van der Waals surface area contributed by atoms with Gasteiger partial charge in [-0.2, -0.15) is 0 Å². The largest absolute Gasteiger partial charge is 0.348 e. The third-order valence-electron chi connectivity index (χ3n) is 4.79. The number of sulfone groups is 1. The third kappa shape index (κ3) is 4.93. The van der Waals surface area contributed by atoms with Crippen molar-refractivity contribution >= 4 is 15.7 Å². The molecule has 1 saturated heterocycles. The maximum absolute atomic E-state index is 12.2. The normalized spacial score (nSPS) is 15.1. The smallest absolute Gasteiger partial charge is 0.251 e. The molecule has 1 aliphatic rings. The second-order valence-electron chi connectivity index (χ2n) is 6.93. The van der Waals surface area contributed by atoms with Crippen LogP contribution in [0.4, 0.5) is 0 Å². The first kappa shape index (κ1) is 18.6. The molecular weight excluding hydrogens is 348 g/mol. The van der Waals surface area contributed by atoms with Gasteiger partial charge in [-0.15, -0.1) is 0 Å². The van der Waals surface area contributed by atoms with Crippen molar-refractivity contribution in [2.24, 2.45) is 0 Å². The molecule has 0 radical (unpaired) electrons. The summed E-state index contributed by atoms with van der Waals surface area (Å²) < 4.78 is 22.9. The van der Waals surface area contributed by atoms with Crippen molar-refractivity contribution in [1.82, 2.24) is 5.32 Å². The summed E-state index contributed by atoms with van der Waals surface area (Å²) in [6, 6.07) is 14.4. The van der Waals surface area contributed by atoms with Crippen LogP contribution >= 0.6 is 0 Å². The molecule has 5 nitrogen and oxygen atoms in total. The van der Waals surface area contributed by atoms with Crippen LogP contribution in [0.2, 0.25) is 0 Å². The summed E-state index contributed by atoms with van der Waals surface area (Å²) in [5.74, 6) is -0.212. The molecule has 1 aliphatic heterocycles. The predicted molar refractivity (Wildman–Crippen MR) is 101 cm³/mol. The van der Waals surface area contributed by atoms with Crippen molar-refractivity contribution in [3.8, 4) is 0 Å². The van der Waals surface area contributed by atoms with Crippen LogP contribution in [-0.2, 0) is 22.9 Å². The molecular formula is C20H25N2O3S+. The van der Waals surface area contributed by atoms with E-state index in [-0.39, 0.29) is 10.8 Å². The Morgan fingerprint density at radius 3 is 2.12 bits per heavy atom. The lowest BCUT2D eigenvalue weighted by Gasteiger charge is -2.12. The molecule has 2 N–H and O–H groups in total. The lowest BCUT2D eigenvalue weighted by molar-refractivity contribution is -0.901. The van der Waals surface area contributed by atoms with Crippen molar-refractivity contribution in [3.63, 3.8) is 0 Å². The van der Waals surface area contributed by atoms with Crippen LogP contribution in [0.25, 0.3) is 0 Å². The highest BCUT2D eigenvalue weighted by Gasteiger charge is 2.15. The number of amides is 1. The minimum atomic E-state index is -3.25. The van der Waals surface area contributed by atoms with E-state index in [1.165, 1.54) is 55.8 Å². The van der Waals surface area contributed by atoms with E-state index in [9.17, 15) is 13.2 Å². The van der Waals surface area contributed by atoms with Crippen LogP contribution in [0, 0.1) is 0 Å². The first-order chi connectivity index (χ1) is 12.4. The second-order valence-corrected chi connectivity index (χ2v) is 8.95. The Bertz CT molecular complexity index is 853. The second kappa shape index (κ2) is 8.01. The molecule has 0 saturated carbocycles. The summed E-state index contributed by atoms with van der Waals surface area (Å²) in [6.45, 7) is 4.04. The molecule has 2 aromatic carbocycles. The van der Waals surface area contributed by atoms with E-state index in [0.29, 0.717) is 12.1 Å². The summed E-state index contributed by atoms with van der Waals surface area (Å²) in [6.07, 6.45) is 3.80. The van der Waals surface area contributed by atoms with Crippen molar-refractivity contribution in [1.29, 1.82) is 0 Å². The van der Waals surface area contributed by atoms with Gasteiger partial charge in [0.05, 0.1) is 18.0 Å². The van der Waals surface area contributed by atoms with E-state index in [1.54, 1.807) is 4.90 Å². The molecule has 0 unspecified atom stereocenters. The SMILES string of the molecule is CS(=O)(=O)c1ccc(C(=O)NCc2ccc(C[NH+]3CCCC3)cc2)cc1. The topological polar surface area (TPSA) is 67.7 Å². The fourth-order valence-corrected chi connectivity index (χ4v) is 3.88. The average molecular weight is 373 g/mol. The van der Waals surface area contributed by atoms with E-state index in [4.69, 9.17) is 0 Å². The number of quaternary nitrogens is 1. The number of carbonyl (C=O) groups is 1. The van der Waals surface area contributed by atoms with Gasteiger partial charge in [0.2, 0.25) is 0 Å². The summed E-state index contributed by atoms with van der Waals surface area (Å²) in [5.41, 5.74) is 2.83. The molecule has 26 heavy (non-hydrogen) atoms. The molecule has 0 bridgehead atoms. The number of nitrogens with one attached hydrogen (secondary N) is 2.